The summed E-state index contributed by atoms with van der Waals surface area (Å²) >= 11 is 0. The summed E-state index contributed by atoms with van der Waals surface area (Å²) in [7, 11) is 2.15. The maximum Gasteiger partial charge on any atom is 0.238 e. The van der Waals surface area contributed by atoms with Gasteiger partial charge in [-0.2, -0.15) is 0 Å². The molecule has 1 aromatic rings. The summed E-state index contributed by atoms with van der Waals surface area (Å²) < 4.78 is 0. The molecule has 0 radical (unpaired) electrons. The number of piperidine rings is 1. The Kier molecular flexibility index (Phi) is 4.00. The van der Waals surface area contributed by atoms with Crippen LogP contribution in [0, 0.1) is 13.8 Å². The van der Waals surface area contributed by atoms with Crippen LogP contribution in [-0.2, 0) is 4.79 Å². The lowest BCUT2D eigenvalue weighted by molar-refractivity contribution is -0.131. The van der Waals surface area contributed by atoms with E-state index in [0.29, 0.717) is 12.6 Å². The fourth-order valence-corrected chi connectivity index (χ4v) is 3.60. The van der Waals surface area contributed by atoms with Gasteiger partial charge in [-0.05, 0) is 58.0 Å². The van der Waals surface area contributed by atoms with E-state index in [1.54, 1.807) is 0 Å². The second kappa shape index (κ2) is 5.78. The van der Waals surface area contributed by atoms with Gasteiger partial charge in [0, 0.05) is 6.04 Å². The molecular weight excluding hydrogens is 262 g/mol. The molecule has 21 heavy (non-hydrogen) atoms. The van der Waals surface area contributed by atoms with Gasteiger partial charge in [-0.1, -0.05) is 23.8 Å². The molecule has 1 N–H and O–H groups in total. The van der Waals surface area contributed by atoms with Crippen LogP contribution in [0.25, 0.3) is 0 Å². The quantitative estimate of drug-likeness (QED) is 0.901. The van der Waals surface area contributed by atoms with Crippen molar-refractivity contribution in [3.8, 4) is 0 Å². The van der Waals surface area contributed by atoms with E-state index >= 15 is 0 Å². The van der Waals surface area contributed by atoms with E-state index in [9.17, 15) is 4.79 Å². The number of nitrogens with one attached hydrogen (secondary N) is 1. The Morgan fingerprint density at radius 1 is 1.19 bits per heavy atom. The summed E-state index contributed by atoms with van der Waals surface area (Å²) in [6.45, 7) is 6.87. The normalized spacial score (nSPS) is 24.8. The number of carbonyl (C=O) groups is 1. The molecule has 0 aromatic heterocycles. The molecule has 4 heteroatoms. The van der Waals surface area contributed by atoms with Gasteiger partial charge in [-0.25, -0.2) is 0 Å². The van der Waals surface area contributed by atoms with Crippen LogP contribution < -0.4 is 5.32 Å². The topological polar surface area (TPSA) is 35.6 Å². The zero-order valence-electron chi connectivity index (χ0n) is 13.2. The van der Waals surface area contributed by atoms with E-state index in [1.807, 2.05) is 0 Å². The molecule has 3 rings (SSSR count). The Morgan fingerprint density at radius 2 is 1.90 bits per heavy atom. The molecule has 2 saturated heterocycles. The first-order valence-electron chi connectivity index (χ1n) is 7.86. The molecule has 1 amide bonds. The standard InChI is InChI=1S/C17H25N3O/c1-12-4-5-15(13(2)10-12)17-18-11-16(21)20(17)14-6-8-19(3)9-7-14/h4-5,10,14,17-18H,6-9,11H2,1-3H3. The average molecular weight is 287 g/mol. The van der Waals surface area contributed by atoms with Gasteiger partial charge in [0.15, 0.2) is 0 Å². The number of amides is 1. The summed E-state index contributed by atoms with van der Waals surface area (Å²) in [6, 6.07) is 6.88. The Labute approximate surface area is 127 Å². The first-order chi connectivity index (χ1) is 10.1. The molecule has 114 valence electrons. The molecule has 0 saturated carbocycles. The molecule has 1 atom stereocenters. The van der Waals surface area contributed by atoms with Crippen LogP contribution in [0.3, 0.4) is 0 Å². The zero-order chi connectivity index (χ0) is 15.0. The first kappa shape index (κ1) is 14.5. The molecule has 1 aromatic carbocycles. The van der Waals surface area contributed by atoms with Crippen molar-refractivity contribution < 1.29 is 4.79 Å². The molecule has 0 aliphatic carbocycles. The third-order valence-electron chi connectivity index (χ3n) is 4.81. The highest BCUT2D eigenvalue weighted by Gasteiger charge is 2.38. The minimum atomic E-state index is 0.0477. The molecule has 0 spiro atoms. The minimum absolute atomic E-state index is 0.0477. The van der Waals surface area contributed by atoms with Gasteiger partial charge in [-0.3, -0.25) is 10.1 Å². The van der Waals surface area contributed by atoms with Crippen molar-refractivity contribution in [2.24, 2.45) is 0 Å². The zero-order valence-corrected chi connectivity index (χ0v) is 13.2. The van der Waals surface area contributed by atoms with Gasteiger partial charge in [0.05, 0.1) is 6.54 Å². The highest BCUT2D eigenvalue weighted by atomic mass is 16.2. The molecule has 2 aliphatic heterocycles. The van der Waals surface area contributed by atoms with Crippen molar-refractivity contribution in [1.29, 1.82) is 0 Å². The van der Waals surface area contributed by atoms with Crippen molar-refractivity contribution in [2.45, 2.75) is 38.9 Å². The Hall–Kier alpha value is -1.39. The van der Waals surface area contributed by atoms with Crippen molar-refractivity contribution in [1.82, 2.24) is 15.1 Å². The van der Waals surface area contributed by atoms with Crippen molar-refractivity contribution in [3.63, 3.8) is 0 Å². The Bertz CT molecular complexity index is 535. The van der Waals surface area contributed by atoms with E-state index in [4.69, 9.17) is 0 Å². The maximum atomic E-state index is 12.4. The second-order valence-corrected chi connectivity index (χ2v) is 6.48. The van der Waals surface area contributed by atoms with E-state index in [0.717, 1.165) is 25.9 Å². The molecular formula is C17H25N3O. The van der Waals surface area contributed by atoms with Crippen molar-refractivity contribution in [2.75, 3.05) is 26.7 Å². The molecule has 1 unspecified atom stereocenters. The van der Waals surface area contributed by atoms with Gasteiger partial charge < -0.3 is 9.80 Å². The number of likely N-dealkylation sites (tertiary alicyclic amines) is 1. The van der Waals surface area contributed by atoms with Crippen LogP contribution in [0.15, 0.2) is 18.2 Å². The fraction of sp³-hybridized carbons (Fsp3) is 0.588. The molecule has 2 fully saturated rings. The SMILES string of the molecule is Cc1ccc(C2NCC(=O)N2C2CCN(C)CC2)c(C)c1. The van der Waals surface area contributed by atoms with Crippen LogP contribution in [0.5, 0.6) is 0 Å². The average Bonchev–Trinajstić information content (AvgIpc) is 2.82. The lowest BCUT2D eigenvalue weighted by Crippen LogP contribution is -2.46. The maximum absolute atomic E-state index is 12.4. The number of hydrogen-bond acceptors (Lipinski definition) is 3. The number of aryl methyl sites for hydroxylation is 2. The summed E-state index contributed by atoms with van der Waals surface area (Å²) in [5, 5.41) is 3.40. The van der Waals surface area contributed by atoms with Crippen LogP contribution in [-0.4, -0.2) is 48.4 Å². The van der Waals surface area contributed by atoms with Gasteiger partial charge in [-0.15, -0.1) is 0 Å². The van der Waals surface area contributed by atoms with E-state index in [-0.39, 0.29) is 12.1 Å². The third kappa shape index (κ3) is 2.83. The third-order valence-corrected chi connectivity index (χ3v) is 4.81. The molecule has 4 nitrogen and oxygen atoms in total. The predicted octanol–water partition coefficient (Wildman–Crippen LogP) is 1.83. The number of nitrogens with zero attached hydrogens (tertiary/aromatic N) is 2. The van der Waals surface area contributed by atoms with Crippen LogP contribution in [0.2, 0.25) is 0 Å². The van der Waals surface area contributed by atoms with Crippen LogP contribution >= 0.6 is 0 Å². The molecule has 2 aliphatic rings. The predicted molar refractivity (Wildman–Crippen MR) is 84.0 cm³/mol. The van der Waals surface area contributed by atoms with E-state index in [2.05, 4.69) is 54.2 Å². The molecule has 2 heterocycles. The van der Waals surface area contributed by atoms with Crippen LogP contribution in [0.1, 0.15) is 35.7 Å². The number of rotatable bonds is 2. The van der Waals surface area contributed by atoms with Gasteiger partial charge in [0.25, 0.3) is 0 Å². The Morgan fingerprint density at radius 3 is 2.57 bits per heavy atom. The molecule has 0 bridgehead atoms. The lowest BCUT2D eigenvalue weighted by Gasteiger charge is -2.38. The van der Waals surface area contributed by atoms with E-state index < -0.39 is 0 Å². The first-order valence-corrected chi connectivity index (χ1v) is 7.86. The van der Waals surface area contributed by atoms with E-state index in [1.165, 1.54) is 16.7 Å². The van der Waals surface area contributed by atoms with Crippen LogP contribution in [0.4, 0.5) is 0 Å². The van der Waals surface area contributed by atoms with Crippen molar-refractivity contribution in [3.05, 3.63) is 34.9 Å². The summed E-state index contributed by atoms with van der Waals surface area (Å²) in [5.41, 5.74) is 3.77. The fourth-order valence-electron chi connectivity index (χ4n) is 3.60. The summed E-state index contributed by atoms with van der Waals surface area (Å²) in [4.78, 5) is 16.8. The lowest BCUT2D eigenvalue weighted by atomic mass is 9.99. The number of carbonyl (C=O) groups excluding carboxylic acids is 1. The largest absolute Gasteiger partial charge is 0.319 e. The van der Waals surface area contributed by atoms with Gasteiger partial charge in [0.1, 0.15) is 6.17 Å². The monoisotopic (exact) mass is 287 g/mol. The number of benzene rings is 1. The summed E-state index contributed by atoms with van der Waals surface area (Å²) in [5.74, 6) is 0.245. The van der Waals surface area contributed by atoms with Gasteiger partial charge >= 0.3 is 0 Å². The Balaban J connectivity index is 1.85. The highest BCUT2D eigenvalue weighted by Crippen LogP contribution is 2.30. The minimum Gasteiger partial charge on any atom is -0.319 e. The van der Waals surface area contributed by atoms with Crippen molar-refractivity contribution >= 4 is 5.91 Å². The highest BCUT2D eigenvalue weighted by molar-refractivity contribution is 5.81. The smallest absolute Gasteiger partial charge is 0.238 e. The second-order valence-electron chi connectivity index (χ2n) is 6.48. The summed E-state index contributed by atoms with van der Waals surface area (Å²) in [6.07, 6.45) is 2.20. The number of hydrogen-bond donors (Lipinski definition) is 1. The van der Waals surface area contributed by atoms with Gasteiger partial charge in [0.2, 0.25) is 5.91 Å².